The van der Waals surface area contributed by atoms with Crippen molar-refractivity contribution >= 4 is 45.1 Å². The predicted octanol–water partition coefficient (Wildman–Crippen LogP) is 2.56. The fourth-order valence-electron chi connectivity index (χ4n) is 2.54. The quantitative estimate of drug-likeness (QED) is 0.265. The molecule has 11 nitrogen and oxygen atoms in total. The van der Waals surface area contributed by atoms with Crippen LogP contribution < -0.4 is 9.62 Å². The number of rotatable bonds is 11. The van der Waals surface area contributed by atoms with Gasteiger partial charge in [-0.05, 0) is 55.0 Å². The summed E-state index contributed by atoms with van der Waals surface area (Å²) < 4.78 is 27.1. The number of nitrogens with one attached hydrogen (secondary N) is 2. The van der Waals surface area contributed by atoms with Crippen LogP contribution in [0.15, 0.2) is 63.7 Å². The lowest BCUT2D eigenvalue weighted by Gasteiger charge is -2.14. The zero-order chi connectivity index (χ0) is 23.7. The minimum atomic E-state index is -4.15. The predicted molar refractivity (Wildman–Crippen MR) is 116 cm³/mol. The van der Waals surface area contributed by atoms with E-state index in [4.69, 9.17) is 5.53 Å². The summed E-state index contributed by atoms with van der Waals surface area (Å²) in [4.78, 5) is 27.4. The van der Waals surface area contributed by atoms with Gasteiger partial charge in [-0.25, -0.2) is 8.42 Å². The molecule has 0 aromatic heterocycles. The number of carboxylic acids is 1. The molecule has 0 aliphatic heterocycles. The van der Waals surface area contributed by atoms with Crippen molar-refractivity contribution in [1.29, 1.82) is 5.53 Å². The van der Waals surface area contributed by atoms with E-state index < -0.39 is 27.8 Å². The number of hydrogen-bond acceptors (Lipinski definition) is 8. The lowest BCUT2D eigenvalue weighted by molar-refractivity contribution is -0.139. The van der Waals surface area contributed by atoms with E-state index in [-0.39, 0.29) is 17.7 Å². The second-order valence-corrected chi connectivity index (χ2v) is 8.59. The van der Waals surface area contributed by atoms with Crippen LogP contribution in [0.4, 0.5) is 17.1 Å². The largest absolute Gasteiger partial charge is 0.480 e. The third-order valence-electron chi connectivity index (χ3n) is 4.28. The molecule has 0 amide bonds. The smallest absolute Gasteiger partial charge is 0.372 e. The highest BCUT2D eigenvalue weighted by atomic mass is 32.2. The van der Waals surface area contributed by atoms with Crippen LogP contribution in [-0.4, -0.2) is 56.4 Å². The molecular formula is C20H23N6O5S+. The van der Waals surface area contributed by atoms with Crippen molar-refractivity contribution in [3.63, 3.8) is 0 Å². The van der Waals surface area contributed by atoms with Crippen LogP contribution in [0.2, 0.25) is 0 Å². The van der Waals surface area contributed by atoms with Gasteiger partial charge >= 0.3 is 12.2 Å². The first kappa shape index (κ1) is 24.5. The molecular weight excluding hydrogens is 436 g/mol. The Balaban J connectivity index is 2.08. The molecule has 0 aliphatic carbocycles. The summed E-state index contributed by atoms with van der Waals surface area (Å²) in [5, 5.41) is 17.4. The van der Waals surface area contributed by atoms with Gasteiger partial charge in [-0.1, -0.05) is 0 Å². The van der Waals surface area contributed by atoms with Crippen molar-refractivity contribution in [2.75, 3.05) is 19.0 Å². The number of hydrogen-bond donors (Lipinski definition) is 3. The highest BCUT2D eigenvalue weighted by Gasteiger charge is 2.26. The number of nitrogens with zero attached hydrogens (tertiary/aromatic N) is 4. The van der Waals surface area contributed by atoms with Gasteiger partial charge in [-0.2, -0.15) is 15.0 Å². The normalized spacial score (nSPS) is 12.2. The van der Waals surface area contributed by atoms with E-state index in [1.807, 2.05) is 31.1 Å². The van der Waals surface area contributed by atoms with Crippen LogP contribution in [0.5, 0.6) is 0 Å². The maximum Gasteiger partial charge on any atom is 0.372 e. The second kappa shape index (κ2) is 11.0. The molecule has 1 unspecified atom stereocenters. The second-order valence-electron chi connectivity index (χ2n) is 6.88. The summed E-state index contributed by atoms with van der Waals surface area (Å²) >= 11 is 0. The van der Waals surface area contributed by atoms with Gasteiger partial charge in [-0.15, -0.1) is 0 Å². The number of azo groups is 1. The SMILES string of the molecule is CN(C)c1ccc(/N=N/c2ccc(S(=O)(=O)NC(CCC(=O)C=[N+]=N)C(=O)O)cc2)cc1. The van der Waals surface area contributed by atoms with Crippen LogP contribution in [-0.2, 0) is 19.6 Å². The molecule has 0 spiro atoms. The molecule has 0 fully saturated rings. The Morgan fingerprint density at radius 3 is 2.09 bits per heavy atom. The van der Waals surface area contributed by atoms with Crippen LogP contribution in [0.3, 0.4) is 0 Å². The number of Topliss-reactive ketones (excluding diaryl/α,β-unsaturated/α-hetero) is 1. The van der Waals surface area contributed by atoms with E-state index in [1.54, 1.807) is 12.1 Å². The topological polar surface area (TPSA) is 166 Å². The van der Waals surface area contributed by atoms with E-state index in [0.717, 1.165) is 11.9 Å². The van der Waals surface area contributed by atoms with Crippen LogP contribution in [0.25, 0.3) is 0 Å². The number of carbonyl (C=O) groups is 2. The third kappa shape index (κ3) is 7.20. The van der Waals surface area contributed by atoms with E-state index in [1.165, 1.54) is 24.3 Å². The van der Waals surface area contributed by atoms with Gasteiger partial charge in [0.05, 0.1) is 26.6 Å². The summed E-state index contributed by atoms with van der Waals surface area (Å²) in [6, 6.07) is 11.3. The summed E-state index contributed by atoms with van der Waals surface area (Å²) in [5.41, 5.74) is 8.64. The van der Waals surface area contributed by atoms with Crippen molar-refractivity contribution in [2.45, 2.75) is 23.8 Å². The maximum absolute atomic E-state index is 12.5. The van der Waals surface area contributed by atoms with Gasteiger partial charge in [0.15, 0.2) is 0 Å². The molecule has 0 heterocycles. The Bertz CT molecular complexity index is 1140. The molecule has 0 saturated heterocycles. The first-order valence-corrected chi connectivity index (χ1v) is 10.9. The lowest BCUT2D eigenvalue weighted by Crippen LogP contribution is -2.41. The molecule has 2 rings (SSSR count). The first-order valence-electron chi connectivity index (χ1n) is 9.39. The van der Waals surface area contributed by atoms with Crippen LogP contribution in [0.1, 0.15) is 12.8 Å². The molecule has 0 aliphatic rings. The average Bonchev–Trinajstić information content (AvgIpc) is 2.75. The monoisotopic (exact) mass is 459 g/mol. The molecule has 2 aromatic rings. The highest BCUT2D eigenvalue weighted by molar-refractivity contribution is 7.89. The van der Waals surface area contributed by atoms with Crippen molar-refractivity contribution in [3.8, 4) is 0 Å². The third-order valence-corrected chi connectivity index (χ3v) is 5.77. The molecule has 168 valence electrons. The summed E-state index contributed by atoms with van der Waals surface area (Å²) in [6.07, 6.45) is 0.187. The molecule has 32 heavy (non-hydrogen) atoms. The van der Waals surface area contributed by atoms with Crippen molar-refractivity contribution in [3.05, 3.63) is 48.5 Å². The summed E-state index contributed by atoms with van der Waals surface area (Å²) in [6.45, 7) is 0. The van der Waals surface area contributed by atoms with E-state index in [2.05, 4.69) is 19.7 Å². The van der Waals surface area contributed by atoms with Gasteiger partial charge < -0.3 is 10.0 Å². The summed E-state index contributed by atoms with van der Waals surface area (Å²) in [5.74, 6) is -1.99. The molecule has 2 aromatic carbocycles. The number of ketones is 1. The average molecular weight is 460 g/mol. The summed E-state index contributed by atoms with van der Waals surface area (Å²) in [7, 11) is -0.303. The Morgan fingerprint density at radius 1 is 1.09 bits per heavy atom. The number of carboxylic acid groups (broad SMARTS) is 1. The van der Waals surface area contributed by atoms with Crippen molar-refractivity contribution < 1.29 is 27.9 Å². The van der Waals surface area contributed by atoms with E-state index in [0.29, 0.717) is 11.4 Å². The fraction of sp³-hybridized carbons (Fsp3) is 0.250. The first-order chi connectivity index (χ1) is 15.1. The van der Waals surface area contributed by atoms with E-state index >= 15 is 0 Å². The standard InChI is InChI=1S/C20H22N6O5S/c1-26(2)16-7-3-14(4-8-16)23-24-15-5-10-18(11-6-15)32(30,31)25-19(20(28)29)12-9-17(27)13-22-21/h3-8,10-11,13,19,21,25H,9,12H2,1-2H3/p+1/b24-23+. The molecule has 3 N–H and O–H groups in total. The van der Waals surface area contributed by atoms with Gasteiger partial charge in [0, 0.05) is 26.2 Å². The van der Waals surface area contributed by atoms with Crippen molar-refractivity contribution in [2.24, 2.45) is 10.2 Å². The zero-order valence-corrected chi connectivity index (χ0v) is 18.3. The molecule has 0 saturated carbocycles. The molecule has 12 heteroatoms. The van der Waals surface area contributed by atoms with Gasteiger partial charge in [-0.3, -0.25) is 9.59 Å². The minimum Gasteiger partial charge on any atom is -0.480 e. The number of benzene rings is 2. The molecule has 1 atom stereocenters. The fourth-order valence-corrected chi connectivity index (χ4v) is 3.76. The van der Waals surface area contributed by atoms with E-state index in [9.17, 15) is 23.1 Å². The van der Waals surface area contributed by atoms with Crippen molar-refractivity contribution in [1.82, 2.24) is 4.72 Å². The Hall–Kier alpha value is -3.73. The van der Waals surface area contributed by atoms with Gasteiger partial charge in [0.1, 0.15) is 6.04 Å². The minimum absolute atomic E-state index is 0.155. The number of aliphatic carboxylic acids is 1. The molecule has 0 radical (unpaired) electrons. The Morgan fingerprint density at radius 2 is 1.62 bits per heavy atom. The van der Waals surface area contributed by atoms with Gasteiger partial charge in [0.25, 0.3) is 0 Å². The zero-order valence-electron chi connectivity index (χ0n) is 17.5. The molecule has 0 bridgehead atoms. The Kier molecular flexibility index (Phi) is 8.47. The lowest BCUT2D eigenvalue weighted by atomic mass is 10.1. The maximum atomic E-state index is 12.5. The van der Waals surface area contributed by atoms with Crippen LogP contribution in [0, 0.1) is 5.53 Å². The van der Waals surface area contributed by atoms with Gasteiger partial charge in [0.2, 0.25) is 15.8 Å². The Labute approximate surface area is 185 Å². The number of carbonyl (C=O) groups excluding carboxylic acids is 1. The number of sulfonamides is 1. The number of anilines is 1. The highest BCUT2D eigenvalue weighted by Crippen LogP contribution is 2.22. The van der Waals surface area contributed by atoms with Crippen LogP contribution >= 0.6 is 0 Å².